The smallest absolute Gasteiger partial charge is 0.0751 e. The topological polar surface area (TPSA) is 20.2 Å². The second-order valence-electron chi connectivity index (χ2n) is 3.29. The normalized spacial score (nSPS) is 11.1. The first kappa shape index (κ1) is 11.5. The lowest BCUT2D eigenvalue weighted by atomic mass is 10.1. The molecule has 0 aliphatic heterocycles. The summed E-state index contributed by atoms with van der Waals surface area (Å²) in [5.74, 6) is 0. The number of aliphatic hydroxyl groups is 1. The third-order valence-electron chi connectivity index (χ3n) is 2.08. The first-order valence-corrected chi connectivity index (χ1v) is 5.21. The maximum Gasteiger partial charge on any atom is 0.0751 e. The van der Waals surface area contributed by atoms with Gasteiger partial charge in [-0.05, 0) is 12.8 Å². The van der Waals surface area contributed by atoms with Crippen LogP contribution in [0.2, 0.25) is 0 Å². The number of allylic oxidation sites excluding steroid dienone is 1. The summed E-state index contributed by atoms with van der Waals surface area (Å²) in [7, 11) is 0. The van der Waals surface area contributed by atoms with E-state index in [1.807, 2.05) is 6.08 Å². The third-order valence-corrected chi connectivity index (χ3v) is 2.08. The van der Waals surface area contributed by atoms with E-state index in [0.29, 0.717) is 0 Å². The molecule has 0 aromatic rings. The van der Waals surface area contributed by atoms with Gasteiger partial charge in [-0.25, -0.2) is 0 Å². The molecule has 1 heteroatoms. The monoisotopic (exact) mass is 170 g/mol. The standard InChI is InChI=1S/C11H22O/c1-2-3-4-5-6-7-8-9-10-11-12/h10-12H,2-9H2,1H3/b11-10-. The molecule has 0 bridgehead atoms. The van der Waals surface area contributed by atoms with Crippen molar-refractivity contribution in [2.75, 3.05) is 0 Å². The van der Waals surface area contributed by atoms with Crippen molar-refractivity contribution in [1.82, 2.24) is 0 Å². The molecule has 0 unspecified atom stereocenters. The van der Waals surface area contributed by atoms with Crippen LogP contribution >= 0.6 is 0 Å². The van der Waals surface area contributed by atoms with Crippen molar-refractivity contribution < 1.29 is 5.11 Å². The van der Waals surface area contributed by atoms with Gasteiger partial charge in [0.2, 0.25) is 0 Å². The predicted octanol–water partition coefficient (Wildman–Crippen LogP) is 4.20. The fourth-order valence-electron chi connectivity index (χ4n) is 1.29. The molecular weight excluding hydrogens is 148 g/mol. The summed E-state index contributed by atoms with van der Waals surface area (Å²) in [6.45, 7) is 2.24. The summed E-state index contributed by atoms with van der Waals surface area (Å²) in [5.41, 5.74) is 0. The van der Waals surface area contributed by atoms with Crippen LogP contribution in [0.1, 0.15) is 58.3 Å². The predicted molar refractivity (Wildman–Crippen MR) is 54.4 cm³/mol. The lowest BCUT2D eigenvalue weighted by molar-refractivity contribution is 0.469. The molecule has 1 N–H and O–H groups in total. The number of hydrogen-bond acceptors (Lipinski definition) is 1. The van der Waals surface area contributed by atoms with Crippen molar-refractivity contribution in [1.29, 1.82) is 0 Å². The largest absolute Gasteiger partial charge is 0.516 e. The molecule has 0 saturated heterocycles. The molecule has 0 saturated carbocycles. The molecule has 0 aromatic carbocycles. The highest BCUT2D eigenvalue weighted by molar-refractivity contribution is 4.70. The quantitative estimate of drug-likeness (QED) is 0.427. The summed E-state index contributed by atoms with van der Waals surface area (Å²) in [6.07, 6.45) is 13.4. The van der Waals surface area contributed by atoms with Gasteiger partial charge in [-0.3, -0.25) is 0 Å². The Bertz CT molecular complexity index is 97.2. The van der Waals surface area contributed by atoms with Crippen LogP contribution in [0.3, 0.4) is 0 Å². The first-order chi connectivity index (χ1) is 5.91. The van der Waals surface area contributed by atoms with Crippen LogP contribution in [-0.2, 0) is 0 Å². The molecule has 0 amide bonds. The summed E-state index contributed by atoms with van der Waals surface area (Å²) < 4.78 is 0. The van der Waals surface area contributed by atoms with E-state index in [1.165, 1.54) is 44.9 Å². The van der Waals surface area contributed by atoms with E-state index in [1.54, 1.807) is 0 Å². The summed E-state index contributed by atoms with van der Waals surface area (Å²) in [5, 5.41) is 8.36. The van der Waals surface area contributed by atoms with E-state index in [-0.39, 0.29) is 0 Å². The van der Waals surface area contributed by atoms with Gasteiger partial charge >= 0.3 is 0 Å². The van der Waals surface area contributed by atoms with E-state index >= 15 is 0 Å². The maximum absolute atomic E-state index is 8.36. The van der Waals surface area contributed by atoms with Gasteiger partial charge in [0.15, 0.2) is 0 Å². The van der Waals surface area contributed by atoms with Gasteiger partial charge < -0.3 is 5.11 Å². The Morgan fingerprint density at radius 3 is 2.08 bits per heavy atom. The van der Waals surface area contributed by atoms with Gasteiger partial charge in [0.1, 0.15) is 0 Å². The van der Waals surface area contributed by atoms with Crippen molar-refractivity contribution in [2.24, 2.45) is 0 Å². The van der Waals surface area contributed by atoms with E-state index in [4.69, 9.17) is 5.11 Å². The summed E-state index contributed by atoms with van der Waals surface area (Å²) in [6, 6.07) is 0. The number of hydrogen-bond donors (Lipinski definition) is 1. The zero-order valence-corrected chi connectivity index (χ0v) is 8.26. The molecule has 0 atom stereocenters. The van der Waals surface area contributed by atoms with Crippen molar-refractivity contribution in [3.63, 3.8) is 0 Å². The lowest BCUT2D eigenvalue weighted by Gasteiger charge is -1.98. The zero-order chi connectivity index (χ0) is 9.07. The molecule has 0 aromatic heterocycles. The first-order valence-electron chi connectivity index (χ1n) is 5.21. The molecule has 0 aliphatic rings. The van der Waals surface area contributed by atoms with Crippen LogP contribution in [0.15, 0.2) is 12.3 Å². The van der Waals surface area contributed by atoms with Gasteiger partial charge in [0.25, 0.3) is 0 Å². The van der Waals surface area contributed by atoms with Crippen LogP contribution in [0.25, 0.3) is 0 Å². The zero-order valence-electron chi connectivity index (χ0n) is 8.26. The van der Waals surface area contributed by atoms with E-state index in [0.717, 1.165) is 12.7 Å². The average molecular weight is 170 g/mol. The van der Waals surface area contributed by atoms with E-state index in [9.17, 15) is 0 Å². The van der Waals surface area contributed by atoms with Crippen molar-refractivity contribution in [3.05, 3.63) is 12.3 Å². The second kappa shape index (κ2) is 10.5. The lowest BCUT2D eigenvalue weighted by Crippen LogP contribution is -1.78. The Morgan fingerprint density at radius 2 is 1.50 bits per heavy atom. The fourth-order valence-corrected chi connectivity index (χ4v) is 1.29. The van der Waals surface area contributed by atoms with E-state index in [2.05, 4.69) is 6.92 Å². The second-order valence-corrected chi connectivity index (χ2v) is 3.29. The maximum atomic E-state index is 8.36. The van der Waals surface area contributed by atoms with Gasteiger partial charge in [0.05, 0.1) is 6.26 Å². The molecule has 12 heavy (non-hydrogen) atoms. The van der Waals surface area contributed by atoms with Crippen LogP contribution < -0.4 is 0 Å². The van der Waals surface area contributed by atoms with Crippen LogP contribution in [0.5, 0.6) is 0 Å². The highest BCUT2D eigenvalue weighted by atomic mass is 16.2. The molecule has 0 spiro atoms. The van der Waals surface area contributed by atoms with Crippen LogP contribution in [0.4, 0.5) is 0 Å². The molecular formula is C11H22O. The Morgan fingerprint density at radius 1 is 0.917 bits per heavy atom. The average Bonchev–Trinajstić information content (AvgIpc) is 2.10. The number of rotatable bonds is 8. The Kier molecular flexibility index (Phi) is 10.1. The number of unbranched alkanes of at least 4 members (excludes halogenated alkanes) is 7. The van der Waals surface area contributed by atoms with Gasteiger partial charge in [-0.1, -0.05) is 51.5 Å². The van der Waals surface area contributed by atoms with Crippen molar-refractivity contribution in [2.45, 2.75) is 58.3 Å². The molecule has 0 heterocycles. The molecule has 0 aliphatic carbocycles. The van der Waals surface area contributed by atoms with Crippen molar-refractivity contribution >= 4 is 0 Å². The van der Waals surface area contributed by atoms with Gasteiger partial charge in [0, 0.05) is 0 Å². The van der Waals surface area contributed by atoms with E-state index < -0.39 is 0 Å². The minimum Gasteiger partial charge on any atom is -0.516 e. The van der Waals surface area contributed by atoms with Gasteiger partial charge in [-0.2, -0.15) is 0 Å². The van der Waals surface area contributed by atoms with Crippen LogP contribution in [-0.4, -0.2) is 5.11 Å². The Balaban J connectivity index is 2.81. The minimum absolute atomic E-state index is 1.03. The molecule has 0 radical (unpaired) electrons. The minimum atomic E-state index is 1.03. The molecule has 0 rings (SSSR count). The summed E-state index contributed by atoms with van der Waals surface area (Å²) >= 11 is 0. The third kappa shape index (κ3) is 9.54. The highest BCUT2D eigenvalue weighted by Gasteiger charge is 1.88. The highest BCUT2D eigenvalue weighted by Crippen LogP contribution is 2.08. The fraction of sp³-hybridized carbons (Fsp3) is 0.818. The van der Waals surface area contributed by atoms with Crippen molar-refractivity contribution in [3.8, 4) is 0 Å². The Labute approximate surface area is 76.5 Å². The Hall–Kier alpha value is -0.460. The number of aliphatic hydroxyl groups excluding tert-OH is 1. The molecule has 0 fully saturated rings. The SMILES string of the molecule is CCCCCCCCC/C=C\O. The summed E-state index contributed by atoms with van der Waals surface area (Å²) in [4.78, 5) is 0. The molecule has 1 nitrogen and oxygen atoms in total. The molecule has 72 valence electrons. The van der Waals surface area contributed by atoms with Gasteiger partial charge in [-0.15, -0.1) is 0 Å². The van der Waals surface area contributed by atoms with Crippen LogP contribution in [0, 0.1) is 0 Å².